The van der Waals surface area contributed by atoms with Crippen molar-refractivity contribution in [3.05, 3.63) is 65.5 Å². The van der Waals surface area contributed by atoms with Crippen LogP contribution in [-0.4, -0.2) is 28.5 Å². The van der Waals surface area contributed by atoms with E-state index < -0.39 is 0 Å². The molecular weight excluding hydrogens is 398 g/mol. The Morgan fingerprint density at radius 3 is 2.70 bits per heavy atom. The highest BCUT2D eigenvalue weighted by atomic mass is 32.2. The van der Waals surface area contributed by atoms with Gasteiger partial charge in [0.05, 0.1) is 13.0 Å². The quantitative estimate of drug-likeness (QED) is 0.319. The van der Waals surface area contributed by atoms with E-state index in [9.17, 15) is 4.79 Å². The van der Waals surface area contributed by atoms with Gasteiger partial charge in [-0.1, -0.05) is 50.0 Å². The molecule has 0 aliphatic carbocycles. The first-order chi connectivity index (χ1) is 14.7. The smallest absolute Gasteiger partial charge is 0.322 e. The molecule has 158 valence electrons. The zero-order valence-electron chi connectivity index (χ0n) is 17.4. The second kappa shape index (κ2) is 11.4. The Morgan fingerprint density at radius 1 is 1.10 bits per heavy atom. The van der Waals surface area contributed by atoms with Crippen LogP contribution in [-0.2, 0) is 6.42 Å². The number of benzene rings is 2. The number of hydrogen-bond donors (Lipinski definition) is 1. The maximum absolute atomic E-state index is 12.5. The first-order valence-electron chi connectivity index (χ1n) is 10.3. The number of aromatic nitrogens is 2. The van der Waals surface area contributed by atoms with Crippen LogP contribution in [0.5, 0.6) is 5.75 Å². The average molecular weight is 426 g/mol. The van der Waals surface area contributed by atoms with E-state index in [1.54, 1.807) is 30.0 Å². The predicted octanol–water partition coefficient (Wildman–Crippen LogP) is 5.59. The molecule has 0 aliphatic rings. The second-order valence-electron chi connectivity index (χ2n) is 6.79. The number of hydrogen-bond acceptors (Lipinski definition) is 6. The van der Waals surface area contributed by atoms with E-state index in [-0.39, 0.29) is 11.9 Å². The molecule has 1 N–H and O–H groups in total. The normalized spacial score (nSPS) is 10.7. The van der Waals surface area contributed by atoms with Crippen molar-refractivity contribution in [3.63, 3.8) is 0 Å². The van der Waals surface area contributed by atoms with E-state index in [1.165, 1.54) is 4.90 Å². The largest absolute Gasteiger partial charge is 0.494 e. The minimum Gasteiger partial charge on any atom is -0.494 e. The molecular formula is C23H27N3O3S. The van der Waals surface area contributed by atoms with E-state index in [0.29, 0.717) is 30.2 Å². The number of amides is 1. The average Bonchev–Trinajstić information content (AvgIpc) is 3.20. The van der Waals surface area contributed by atoms with E-state index in [0.717, 1.165) is 30.6 Å². The highest BCUT2D eigenvalue weighted by Crippen LogP contribution is 2.20. The van der Waals surface area contributed by atoms with Crippen LogP contribution in [0.3, 0.4) is 0 Å². The first-order valence-corrected chi connectivity index (χ1v) is 11.2. The standard InChI is InChI=1S/C23H27N3O3S/c1-3-5-6-14-28-19-9-7-8-18(16-19)22(27)24-23-26-25-21(29-23)15-17-10-12-20(13-11-17)30-4-2/h7-13,16H,3-6,14-15H2,1-2H3,(H,24,26,27). The molecule has 1 aromatic heterocycles. The van der Waals surface area contributed by atoms with Gasteiger partial charge in [-0.15, -0.1) is 16.9 Å². The molecule has 0 aliphatic heterocycles. The van der Waals surface area contributed by atoms with Crippen molar-refractivity contribution in [1.82, 2.24) is 10.2 Å². The summed E-state index contributed by atoms with van der Waals surface area (Å²) in [6.45, 7) is 4.92. The van der Waals surface area contributed by atoms with Gasteiger partial charge >= 0.3 is 6.01 Å². The topological polar surface area (TPSA) is 77.2 Å². The Balaban J connectivity index is 1.55. The predicted molar refractivity (Wildman–Crippen MR) is 119 cm³/mol. The number of thioether (sulfide) groups is 1. The second-order valence-corrected chi connectivity index (χ2v) is 8.13. The number of nitrogens with zero attached hydrogens (tertiary/aromatic N) is 2. The Kier molecular flexibility index (Phi) is 8.32. The van der Waals surface area contributed by atoms with E-state index in [1.807, 2.05) is 18.2 Å². The Labute approximate surface area is 181 Å². The molecule has 0 radical (unpaired) electrons. The summed E-state index contributed by atoms with van der Waals surface area (Å²) in [6.07, 6.45) is 3.78. The molecule has 30 heavy (non-hydrogen) atoms. The van der Waals surface area contributed by atoms with Crippen LogP contribution in [0.1, 0.15) is 54.9 Å². The van der Waals surface area contributed by atoms with Crippen LogP contribution in [0.2, 0.25) is 0 Å². The number of unbranched alkanes of at least 4 members (excludes halogenated alkanes) is 2. The van der Waals surface area contributed by atoms with Gasteiger partial charge < -0.3 is 9.15 Å². The van der Waals surface area contributed by atoms with Gasteiger partial charge in [0.15, 0.2) is 0 Å². The molecule has 0 unspecified atom stereocenters. The molecule has 1 heterocycles. The SMILES string of the molecule is CCCCCOc1cccc(C(=O)Nc2nnc(Cc3ccc(SCC)cc3)o2)c1. The molecule has 0 atom stereocenters. The van der Waals surface area contributed by atoms with Gasteiger partial charge in [0, 0.05) is 10.5 Å². The molecule has 0 spiro atoms. The van der Waals surface area contributed by atoms with Gasteiger partial charge in [0.1, 0.15) is 5.75 Å². The number of rotatable bonds is 11. The number of nitrogens with one attached hydrogen (secondary N) is 1. The van der Waals surface area contributed by atoms with Crippen molar-refractivity contribution in [2.75, 3.05) is 17.7 Å². The zero-order valence-corrected chi connectivity index (χ0v) is 18.2. The Bertz CT molecular complexity index is 941. The summed E-state index contributed by atoms with van der Waals surface area (Å²) >= 11 is 1.80. The third-order valence-corrected chi connectivity index (χ3v) is 5.28. The Morgan fingerprint density at radius 2 is 1.93 bits per heavy atom. The monoisotopic (exact) mass is 425 g/mol. The lowest BCUT2D eigenvalue weighted by Gasteiger charge is -2.07. The Hall–Kier alpha value is -2.80. The molecule has 3 rings (SSSR count). The van der Waals surface area contributed by atoms with Crippen molar-refractivity contribution in [1.29, 1.82) is 0 Å². The highest BCUT2D eigenvalue weighted by molar-refractivity contribution is 7.99. The molecule has 0 saturated heterocycles. The number of carbonyl (C=O) groups excluding carboxylic acids is 1. The summed E-state index contributed by atoms with van der Waals surface area (Å²) in [4.78, 5) is 13.7. The minimum absolute atomic E-state index is 0.0856. The van der Waals surface area contributed by atoms with Crippen LogP contribution in [0.15, 0.2) is 57.8 Å². The molecule has 3 aromatic rings. The van der Waals surface area contributed by atoms with Crippen molar-refractivity contribution >= 4 is 23.7 Å². The van der Waals surface area contributed by atoms with Gasteiger partial charge in [-0.25, -0.2) is 0 Å². The minimum atomic E-state index is -0.315. The lowest BCUT2D eigenvalue weighted by Crippen LogP contribution is -2.12. The maximum Gasteiger partial charge on any atom is 0.322 e. The van der Waals surface area contributed by atoms with Crippen molar-refractivity contribution in [2.45, 2.75) is 44.4 Å². The van der Waals surface area contributed by atoms with Crippen LogP contribution in [0.4, 0.5) is 6.01 Å². The summed E-state index contributed by atoms with van der Waals surface area (Å²) in [7, 11) is 0. The molecule has 7 heteroatoms. The molecule has 6 nitrogen and oxygen atoms in total. The molecule has 0 fully saturated rings. The third kappa shape index (κ3) is 6.62. The maximum atomic E-state index is 12.5. The summed E-state index contributed by atoms with van der Waals surface area (Å²) in [6, 6.07) is 15.4. The lowest BCUT2D eigenvalue weighted by molar-refractivity contribution is 0.102. The number of carbonyl (C=O) groups is 1. The first kappa shape index (κ1) is 21.9. The van der Waals surface area contributed by atoms with Gasteiger partial charge in [0.2, 0.25) is 5.89 Å². The van der Waals surface area contributed by atoms with E-state index in [4.69, 9.17) is 9.15 Å². The van der Waals surface area contributed by atoms with Crippen LogP contribution >= 0.6 is 11.8 Å². The summed E-state index contributed by atoms with van der Waals surface area (Å²) in [5.74, 6) is 1.86. The lowest BCUT2D eigenvalue weighted by atomic mass is 10.1. The third-order valence-electron chi connectivity index (χ3n) is 4.39. The van der Waals surface area contributed by atoms with Crippen molar-refractivity contribution in [2.24, 2.45) is 0 Å². The molecule has 0 saturated carbocycles. The fraction of sp³-hybridized carbons (Fsp3) is 0.348. The van der Waals surface area contributed by atoms with E-state index in [2.05, 4.69) is 41.5 Å². The summed E-state index contributed by atoms with van der Waals surface area (Å²) in [5.41, 5.74) is 1.55. The van der Waals surface area contributed by atoms with Crippen LogP contribution < -0.4 is 10.1 Å². The zero-order chi connectivity index (χ0) is 21.2. The van der Waals surface area contributed by atoms with Crippen LogP contribution in [0, 0.1) is 0 Å². The highest BCUT2D eigenvalue weighted by Gasteiger charge is 2.13. The van der Waals surface area contributed by atoms with Gasteiger partial charge in [0.25, 0.3) is 5.91 Å². The fourth-order valence-electron chi connectivity index (χ4n) is 2.86. The number of ether oxygens (including phenoxy) is 1. The summed E-state index contributed by atoms with van der Waals surface area (Å²) < 4.78 is 11.3. The summed E-state index contributed by atoms with van der Waals surface area (Å²) in [5, 5.41) is 10.6. The van der Waals surface area contributed by atoms with Gasteiger partial charge in [-0.05, 0) is 48.1 Å². The van der Waals surface area contributed by atoms with Crippen LogP contribution in [0.25, 0.3) is 0 Å². The van der Waals surface area contributed by atoms with E-state index >= 15 is 0 Å². The molecule has 1 amide bonds. The van der Waals surface area contributed by atoms with Crippen molar-refractivity contribution < 1.29 is 13.9 Å². The molecule has 0 bridgehead atoms. The number of anilines is 1. The van der Waals surface area contributed by atoms with Gasteiger partial charge in [-0.3, -0.25) is 10.1 Å². The molecule has 2 aromatic carbocycles. The fourth-order valence-corrected chi connectivity index (χ4v) is 3.52. The van der Waals surface area contributed by atoms with Crippen molar-refractivity contribution in [3.8, 4) is 5.75 Å². The van der Waals surface area contributed by atoms with Gasteiger partial charge in [-0.2, -0.15) is 0 Å².